The Hall–Kier alpha value is -3.02. The van der Waals surface area contributed by atoms with Crippen molar-refractivity contribution in [2.75, 3.05) is 19.7 Å². The first kappa shape index (κ1) is 22.2. The lowest BCUT2D eigenvalue weighted by Gasteiger charge is -2.34. The lowest BCUT2D eigenvalue weighted by atomic mass is 10.00. The molecule has 0 radical (unpaired) electrons. The summed E-state index contributed by atoms with van der Waals surface area (Å²) in [7, 11) is 0. The summed E-state index contributed by atoms with van der Waals surface area (Å²) >= 11 is 0. The van der Waals surface area contributed by atoms with Crippen LogP contribution in [-0.2, 0) is 16.0 Å². The highest BCUT2D eigenvalue weighted by molar-refractivity contribution is 5.87. The first-order chi connectivity index (χ1) is 15.7. The molecule has 1 aliphatic rings. The quantitative estimate of drug-likeness (QED) is 0.469. The van der Waals surface area contributed by atoms with Gasteiger partial charge in [0.25, 0.3) is 0 Å². The Bertz CT molecular complexity index is 947. The average molecular weight is 431 g/mol. The molecule has 1 saturated heterocycles. The maximum Gasteiger partial charge on any atom is 0.356 e. The SMILES string of the molecule is CCOC(=O)c1cccc(CN2CCC(OC(c3ccccc3)c3ccccc3)CC2)n1. The van der Waals surface area contributed by atoms with Gasteiger partial charge in [-0.15, -0.1) is 0 Å². The highest BCUT2D eigenvalue weighted by Gasteiger charge is 2.25. The number of likely N-dealkylation sites (tertiary alicyclic amines) is 1. The highest BCUT2D eigenvalue weighted by atomic mass is 16.5. The lowest BCUT2D eigenvalue weighted by molar-refractivity contribution is -0.0283. The second kappa shape index (κ2) is 11.0. The maximum atomic E-state index is 12.0. The molecule has 1 aromatic heterocycles. The Morgan fingerprint density at radius 2 is 1.56 bits per heavy atom. The molecular weight excluding hydrogens is 400 g/mol. The van der Waals surface area contributed by atoms with E-state index in [0.29, 0.717) is 12.3 Å². The van der Waals surface area contributed by atoms with Crippen molar-refractivity contribution in [1.82, 2.24) is 9.88 Å². The molecule has 0 aliphatic carbocycles. The standard InChI is InChI=1S/C27H30N2O3/c1-2-31-27(30)25-15-9-14-23(28-25)20-29-18-16-24(17-19-29)32-26(21-10-5-3-6-11-21)22-12-7-4-8-13-22/h3-15,24,26H,2,16-20H2,1H3. The molecule has 0 spiro atoms. The van der Waals surface area contributed by atoms with Crippen molar-refractivity contribution in [2.45, 2.75) is 38.5 Å². The first-order valence-electron chi connectivity index (χ1n) is 11.3. The summed E-state index contributed by atoms with van der Waals surface area (Å²) < 4.78 is 11.7. The van der Waals surface area contributed by atoms with Crippen LogP contribution in [0.1, 0.15) is 53.2 Å². The number of pyridine rings is 1. The van der Waals surface area contributed by atoms with Crippen LogP contribution in [0.5, 0.6) is 0 Å². The van der Waals surface area contributed by atoms with Gasteiger partial charge in [0.05, 0.1) is 18.4 Å². The number of piperidine rings is 1. The van der Waals surface area contributed by atoms with Crippen LogP contribution in [0.15, 0.2) is 78.9 Å². The van der Waals surface area contributed by atoms with Gasteiger partial charge in [-0.05, 0) is 43.0 Å². The molecule has 166 valence electrons. The fourth-order valence-electron chi connectivity index (χ4n) is 4.12. The fraction of sp³-hybridized carbons (Fsp3) is 0.333. The molecule has 0 bridgehead atoms. The molecule has 0 saturated carbocycles. The average Bonchev–Trinajstić information content (AvgIpc) is 2.85. The van der Waals surface area contributed by atoms with E-state index in [9.17, 15) is 4.79 Å². The predicted octanol–water partition coefficient (Wildman–Crippen LogP) is 5.03. The number of hydrogen-bond acceptors (Lipinski definition) is 5. The summed E-state index contributed by atoms with van der Waals surface area (Å²) in [5.41, 5.74) is 3.62. The minimum Gasteiger partial charge on any atom is -0.461 e. The molecule has 0 unspecified atom stereocenters. The van der Waals surface area contributed by atoms with Crippen molar-refractivity contribution in [3.05, 3.63) is 101 Å². The number of esters is 1. The highest BCUT2D eigenvalue weighted by Crippen LogP contribution is 2.30. The van der Waals surface area contributed by atoms with Crippen molar-refractivity contribution in [2.24, 2.45) is 0 Å². The van der Waals surface area contributed by atoms with Gasteiger partial charge < -0.3 is 9.47 Å². The van der Waals surface area contributed by atoms with Gasteiger partial charge >= 0.3 is 5.97 Å². The van der Waals surface area contributed by atoms with Crippen molar-refractivity contribution < 1.29 is 14.3 Å². The zero-order chi connectivity index (χ0) is 22.2. The molecule has 1 fully saturated rings. The molecule has 0 amide bonds. The Kier molecular flexibility index (Phi) is 7.64. The van der Waals surface area contributed by atoms with E-state index in [4.69, 9.17) is 9.47 Å². The van der Waals surface area contributed by atoms with Crippen molar-refractivity contribution in [3.63, 3.8) is 0 Å². The summed E-state index contributed by atoms with van der Waals surface area (Å²) in [6.07, 6.45) is 2.08. The molecule has 3 aromatic rings. The van der Waals surface area contributed by atoms with Gasteiger partial charge in [0.2, 0.25) is 0 Å². The van der Waals surface area contributed by atoms with E-state index in [1.54, 1.807) is 13.0 Å². The van der Waals surface area contributed by atoms with E-state index in [1.165, 1.54) is 11.1 Å². The van der Waals surface area contributed by atoms with Crippen LogP contribution in [-0.4, -0.2) is 41.7 Å². The van der Waals surface area contributed by atoms with Crippen molar-refractivity contribution in [1.29, 1.82) is 0 Å². The van der Waals surface area contributed by atoms with Gasteiger partial charge in [0.1, 0.15) is 11.8 Å². The number of carbonyl (C=O) groups is 1. The van der Waals surface area contributed by atoms with Gasteiger partial charge in [-0.25, -0.2) is 9.78 Å². The Morgan fingerprint density at radius 3 is 2.16 bits per heavy atom. The number of carbonyl (C=O) groups excluding carboxylic acids is 1. The van der Waals surface area contributed by atoms with E-state index in [1.807, 2.05) is 24.3 Å². The summed E-state index contributed by atoms with van der Waals surface area (Å²) in [5, 5.41) is 0. The predicted molar refractivity (Wildman–Crippen MR) is 124 cm³/mol. The summed E-state index contributed by atoms with van der Waals surface area (Å²) in [5.74, 6) is -0.366. The van der Waals surface area contributed by atoms with Crippen LogP contribution in [0.3, 0.4) is 0 Å². The van der Waals surface area contributed by atoms with Crippen LogP contribution in [0.4, 0.5) is 0 Å². The second-order valence-corrected chi connectivity index (χ2v) is 8.05. The normalized spacial score (nSPS) is 15.1. The molecule has 4 rings (SSSR count). The van der Waals surface area contributed by atoms with Crippen LogP contribution >= 0.6 is 0 Å². The Morgan fingerprint density at radius 1 is 0.938 bits per heavy atom. The van der Waals surface area contributed by atoms with Gasteiger partial charge in [0.15, 0.2) is 0 Å². The molecule has 0 atom stereocenters. The van der Waals surface area contributed by atoms with Crippen LogP contribution in [0.25, 0.3) is 0 Å². The number of ether oxygens (including phenoxy) is 2. The number of aromatic nitrogens is 1. The molecule has 32 heavy (non-hydrogen) atoms. The number of rotatable bonds is 8. The molecule has 0 N–H and O–H groups in total. The molecule has 2 heterocycles. The second-order valence-electron chi connectivity index (χ2n) is 8.05. The van der Waals surface area contributed by atoms with Gasteiger partial charge in [-0.2, -0.15) is 0 Å². The topological polar surface area (TPSA) is 51.7 Å². The van der Waals surface area contributed by atoms with E-state index in [-0.39, 0.29) is 18.2 Å². The Balaban J connectivity index is 1.36. The van der Waals surface area contributed by atoms with Crippen LogP contribution < -0.4 is 0 Å². The van der Waals surface area contributed by atoms with E-state index in [2.05, 4.69) is 58.4 Å². The number of nitrogens with zero attached hydrogens (tertiary/aromatic N) is 2. The Labute approximate surface area is 190 Å². The van der Waals surface area contributed by atoms with Gasteiger partial charge in [-0.3, -0.25) is 4.90 Å². The van der Waals surface area contributed by atoms with Crippen molar-refractivity contribution >= 4 is 5.97 Å². The summed E-state index contributed by atoms with van der Waals surface area (Å²) in [6, 6.07) is 26.4. The van der Waals surface area contributed by atoms with E-state index >= 15 is 0 Å². The van der Waals surface area contributed by atoms with E-state index in [0.717, 1.165) is 38.2 Å². The van der Waals surface area contributed by atoms with Gasteiger partial charge in [0, 0.05) is 19.6 Å². The molecule has 5 heteroatoms. The fourth-order valence-corrected chi connectivity index (χ4v) is 4.12. The zero-order valence-corrected chi connectivity index (χ0v) is 18.5. The number of hydrogen-bond donors (Lipinski definition) is 0. The third-order valence-corrected chi connectivity index (χ3v) is 5.74. The molecule has 2 aromatic carbocycles. The monoisotopic (exact) mass is 430 g/mol. The summed E-state index contributed by atoms with van der Waals surface area (Å²) in [6.45, 7) is 4.75. The van der Waals surface area contributed by atoms with Crippen LogP contribution in [0.2, 0.25) is 0 Å². The molecule has 1 aliphatic heterocycles. The molecule has 5 nitrogen and oxygen atoms in total. The third kappa shape index (κ3) is 5.81. The van der Waals surface area contributed by atoms with Crippen LogP contribution in [0, 0.1) is 0 Å². The lowest BCUT2D eigenvalue weighted by Crippen LogP contribution is -2.37. The third-order valence-electron chi connectivity index (χ3n) is 5.74. The molecular formula is C27H30N2O3. The van der Waals surface area contributed by atoms with Gasteiger partial charge in [-0.1, -0.05) is 66.7 Å². The smallest absolute Gasteiger partial charge is 0.356 e. The zero-order valence-electron chi connectivity index (χ0n) is 18.5. The minimum atomic E-state index is -0.366. The summed E-state index contributed by atoms with van der Waals surface area (Å²) in [4.78, 5) is 18.8. The van der Waals surface area contributed by atoms with Crippen molar-refractivity contribution in [3.8, 4) is 0 Å². The van der Waals surface area contributed by atoms with E-state index < -0.39 is 0 Å². The maximum absolute atomic E-state index is 12.0. The first-order valence-corrected chi connectivity index (χ1v) is 11.3. The largest absolute Gasteiger partial charge is 0.461 e. The number of benzene rings is 2. The minimum absolute atomic E-state index is 0.0584.